The normalized spacial score (nSPS) is 10.6. The molecule has 4 nitrogen and oxygen atoms in total. The van der Waals surface area contributed by atoms with Crippen LogP contribution in [0.4, 0.5) is 0 Å². The van der Waals surface area contributed by atoms with Crippen molar-refractivity contribution in [1.82, 2.24) is 9.97 Å². The van der Waals surface area contributed by atoms with Crippen LogP contribution in [-0.2, 0) is 12.8 Å². The Morgan fingerprint density at radius 2 is 1.22 bits per heavy atom. The molecule has 2 rings (SSSR count). The minimum Gasteiger partial charge on any atom is -0.330 e. The van der Waals surface area contributed by atoms with Crippen molar-refractivity contribution in [3.05, 3.63) is 47.8 Å². The highest BCUT2D eigenvalue weighted by atomic mass is 14.8. The average molecular weight is 242 g/mol. The van der Waals surface area contributed by atoms with Gasteiger partial charge < -0.3 is 11.5 Å². The summed E-state index contributed by atoms with van der Waals surface area (Å²) in [5.74, 6) is 0. The Morgan fingerprint density at radius 3 is 1.61 bits per heavy atom. The van der Waals surface area contributed by atoms with Gasteiger partial charge in [0.2, 0.25) is 0 Å². The molecule has 2 heterocycles. The summed E-state index contributed by atoms with van der Waals surface area (Å²) in [6.07, 6.45) is 5.32. The van der Waals surface area contributed by atoms with Crippen molar-refractivity contribution in [1.29, 1.82) is 0 Å². The lowest BCUT2D eigenvalue weighted by molar-refractivity contribution is 0.959. The monoisotopic (exact) mass is 242 g/mol. The maximum Gasteiger partial charge on any atom is 0.0888 e. The van der Waals surface area contributed by atoms with E-state index in [4.69, 9.17) is 11.5 Å². The van der Waals surface area contributed by atoms with Crippen molar-refractivity contribution in [3.63, 3.8) is 0 Å². The Morgan fingerprint density at radius 1 is 0.778 bits per heavy atom. The van der Waals surface area contributed by atoms with Crippen LogP contribution in [0.3, 0.4) is 0 Å². The molecule has 0 amide bonds. The zero-order valence-corrected chi connectivity index (χ0v) is 10.3. The van der Waals surface area contributed by atoms with E-state index in [-0.39, 0.29) is 0 Å². The molecule has 0 fully saturated rings. The fourth-order valence-electron chi connectivity index (χ4n) is 1.87. The molecular weight excluding hydrogens is 224 g/mol. The molecule has 0 radical (unpaired) electrons. The van der Waals surface area contributed by atoms with Crippen LogP contribution in [0.2, 0.25) is 0 Å². The van der Waals surface area contributed by atoms with Crippen molar-refractivity contribution in [2.75, 3.05) is 13.1 Å². The molecule has 18 heavy (non-hydrogen) atoms. The molecule has 0 saturated carbocycles. The fraction of sp³-hybridized carbons (Fsp3) is 0.286. The second-order valence-electron chi connectivity index (χ2n) is 4.18. The molecule has 2 aromatic rings. The fourth-order valence-corrected chi connectivity index (χ4v) is 1.87. The summed E-state index contributed by atoms with van der Waals surface area (Å²) < 4.78 is 0. The predicted octanol–water partition coefficient (Wildman–Crippen LogP) is 1.15. The topological polar surface area (TPSA) is 77.8 Å². The molecule has 0 aromatic carbocycles. The predicted molar refractivity (Wildman–Crippen MR) is 73.0 cm³/mol. The summed E-state index contributed by atoms with van der Waals surface area (Å²) in [4.78, 5) is 8.72. The summed E-state index contributed by atoms with van der Waals surface area (Å²) in [7, 11) is 0. The Kier molecular flexibility index (Phi) is 4.39. The van der Waals surface area contributed by atoms with E-state index in [9.17, 15) is 0 Å². The number of rotatable bonds is 5. The zero-order chi connectivity index (χ0) is 12.8. The maximum atomic E-state index is 5.56. The van der Waals surface area contributed by atoms with Gasteiger partial charge in [0.05, 0.1) is 11.4 Å². The molecule has 0 bridgehead atoms. The van der Waals surface area contributed by atoms with E-state index in [0.717, 1.165) is 24.2 Å². The summed E-state index contributed by atoms with van der Waals surface area (Å²) >= 11 is 0. The Labute approximate surface area is 107 Å². The van der Waals surface area contributed by atoms with Gasteiger partial charge in [0.1, 0.15) is 0 Å². The first-order valence-electron chi connectivity index (χ1n) is 6.14. The molecule has 4 heteroatoms. The highest BCUT2D eigenvalue weighted by Crippen LogP contribution is 2.17. The lowest BCUT2D eigenvalue weighted by Crippen LogP contribution is -2.04. The van der Waals surface area contributed by atoms with Gasteiger partial charge >= 0.3 is 0 Å². The minimum atomic E-state index is 0.643. The number of aromatic nitrogens is 2. The first kappa shape index (κ1) is 12.7. The lowest BCUT2D eigenvalue weighted by atomic mass is 10.1. The standard InChI is InChI=1S/C14H18N4/c15-5-1-11-3-7-17-13(9-11)14-10-12(2-6-16)4-8-18-14/h3-4,7-10H,1-2,5-6,15-16H2. The average Bonchev–Trinajstić information content (AvgIpc) is 2.40. The molecule has 0 aliphatic rings. The second kappa shape index (κ2) is 6.23. The summed E-state index contributed by atoms with van der Waals surface area (Å²) in [6.45, 7) is 1.29. The van der Waals surface area contributed by atoms with Gasteiger partial charge in [-0.3, -0.25) is 9.97 Å². The number of pyridine rings is 2. The lowest BCUT2D eigenvalue weighted by Gasteiger charge is -2.05. The van der Waals surface area contributed by atoms with Gasteiger partial charge in [0, 0.05) is 12.4 Å². The van der Waals surface area contributed by atoms with Crippen LogP contribution in [0.15, 0.2) is 36.7 Å². The largest absolute Gasteiger partial charge is 0.330 e. The molecular formula is C14H18N4. The molecule has 0 saturated heterocycles. The SMILES string of the molecule is NCCc1ccnc(-c2cc(CCN)ccn2)c1. The van der Waals surface area contributed by atoms with Crippen molar-refractivity contribution in [2.45, 2.75) is 12.8 Å². The quantitative estimate of drug-likeness (QED) is 0.824. The Hall–Kier alpha value is -1.78. The minimum absolute atomic E-state index is 0.643. The van der Waals surface area contributed by atoms with E-state index in [1.807, 2.05) is 24.3 Å². The Bertz CT molecular complexity index is 463. The summed E-state index contributed by atoms with van der Waals surface area (Å²) in [5.41, 5.74) is 15.3. The van der Waals surface area contributed by atoms with Crippen molar-refractivity contribution >= 4 is 0 Å². The molecule has 4 N–H and O–H groups in total. The summed E-state index contributed by atoms with van der Waals surface area (Å²) in [6, 6.07) is 8.06. The van der Waals surface area contributed by atoms with Gasteiger partial charge in [0.25, 0.3) is 0 Å². The zero-order valence-electron chi connectivity index (χ0n) is 10.3. The Balaban J connectivity index is 2.29. The number of nitrogens with zero attached hydrogens (tertiary/aromatic N) is 2. The third-order valence-electron chi connectivity index (χ3n) is 2.78. The smallest absolute Gasteiger partial charge is 0.0888 e. The molecule has 2 aromatic heterocycles. The van der Waals surface area contributed by atoms with Crippen LogP contribution in [0.25, 0.3) is 11.4 Å². The molecule has 0 unspecified atom stereocenters. The van der Waals surface area contributed by atoms with Gasteiger partial charge in [-0.05, 0) is 61.3 Å². The second-order valence-corrected chi connectivity index (χ2v) is 4.18. The first-order valence-corrected chi connectivity index (χ1v) is 6.14. The van der Waals surface area contributed by atoms with E-state index in [2.05, 4.69) is 9.97 Å². The van der Waals surface area contributed by atoms with Gasteiger partial charge in [-0.2, -0.15) is 0 Å². The maximum absolute atomic E-state index is 5.56. The molecule has 0 spiro atoms. The molecule has 0 aliphatic carbocycles. The van der Waals surface area contributed by atoms with Gasteiger partial charge in [-0.1, -0.05) is 0 Å². The highest BCUT2D eigenvalue weighted by molar-refractivity contribution is 5.55. The van der Waals surface area contributed by atoms with Crippen LogP contribution < -0.4 is 11.5 Å². The van der Waals surface area contributed by atoms with Crippen LogP contribution in [0.5, 0.6) is 0 Å². The van der Waals surface area contributed by atoms with Gasteiger partial charge in [-0.15, -0.1) is 0 Å². The van der Waals surface area contributed by atoms with Crippen molar-refractivity contribution < 1.29 is 0 Å². The van der Waals surface area contributed by atoms with Crippen LogP contribution in [0, 0.1) is 0 Å². The third kappa shape index (κ3) is 3.12. The van der Waals surface area contributed by atoms with E-state index < -0.39 is 0 Å². The highest BCUT2D eigenvalue weighted by Gasteiger charge is 2.03. The van der Waals surface area contributed by atoms with Crippen molar-refractivity contribution in [3.8, 4) is 11.4 Å². The van der Waals surface area contributed by atoms with Crippen molar-refractivity contribution in [2.24, 2.45) is 11.5 Å². The molecule has 94 valence electrons. The van der Waals surface area contributed by atoms with E-state index in [1.165, 1.54) is 11.1 Å². The van der Waals surface area contributed by atoms with E-state index in [1.54, 1.807) is 12.4 Å². The number of hydrogen-bond donors (Lipinski definition) is 2. The third-order valence-corrected chi connectivity index (χ3v) is 2.78. The van der Waals surface area contributed by atoms with E-state index in [0.29, 0.717) is 13.1 Å². The molecule has 0 atom stereocenters. The van der Waals surface area contributed by atoms with Crippen LogP contribution in [-0.4, -0.2) is 23.1 Å². The summed E-state index contributed by atoms with van der Waals surface area (Å²) in [5, 5.41) is 0. The number of nitrogens with two attached hydrogens (primary N) is 2. The molecule has 0 aliphatic heterocycles. The van der Waals surface area contributed by atoms with Crippen LogP contribution >= 0.6 is 0 Å². The van der Waals surface area contributed by atoms with E-state index >= 15 is 0 Å². The first-order chi connectivity index (χ1) is 8.83. The van der Waals surface area contributed by atoms with Crippen LogP contribution in [0.1, 0.15) is 11.1 Å². The number of hydrogen-bond acceptors (Lipinski definition) is 4. The van der Waals surface area contributed by atoms with Gasteiger partial charge in [-0.25, -0.2) is 0 Å². The van der Waals surface area contributed by atoms with Gasteiger partial charge in [0.15, 0.2) is 0 Å².